The van der Waals surface area contributed by atoms with Crippen molar-refractivity contribution < 1.29 is 18.0 Å². The minimum absolute atomic E-state index is 0.0479. The van der Waals surface area contributed by atoms with E-state index in [1.807, 2.05) is 0 Å². The van der Waals surface area contributed by atoms with E-state index < -0.39 is 18.6 Å². The molecule has 1 saturated carbocycles. The molecular formula is C12H21F3N2O. The maximum Gasteiger partial charge on any atom is 0.390 e. The Morgan fingerprint density at radius 3 is 2.44 bits per heavy atom. The van der Waals surface area contributed by atoms with Gasteiger partial charge in [-0.05, 0) is 19.8 Å². The quantitative estimate of drug-likeness (QED) is 0.802. The fraction of sp³-hybridized carbons (Fsp3) is 0.917. The lowest BCUT2D eigenvalue weighted by Gasteiger charge is -2.23. The average Bonchev–Trinajstić information content (AvgIpc) is 2.25. The second-order valence-electron chi connectivity index (χ2n) is 5.00. The summed E-state index contributed by atoms with van der Waals surface area (Å²) < 4.78 is 36.2. The third-order valence-corrected chi connectivity index (χ3v) is 3.12. The van der Waals surface area contributed by atoms with Gasteiger partial charge in [-0.3, -0.25) is 4.79 Å². The SMILES string of the molecule is CC(CC(F)(F)F)NCC(=O)NC1CCCCC1. The van der Waals surface area contributed by atoms with Crippen LogP contribution in [0.5, 0.6) is 0 Å². The molecule has 1 atom stereocenters. The largest absolute Gasteiger partial charge is 0.390 e. The molecule has 106 valence electrons. The smallest absolute Gasteiger partial charge is 0.352 e. The predicted molar refractivity (Wildman–Crippen MR) is 63.2 cm³/mol. The first-order chi connectivity index (χ1) is 8.37. The normalized spacial score (nSPS) is 19.6. The number of carbonyl (C=O) groups is 1. The van der Waals surface area contributed by atoms with Crippen LogP contribution < -0.4 is 10.6 Å². The monoisotopic (exact) mass is 266 g/mol. The number of rotatable bonds is 5. The summed E-state index contributed by atoms with van der Waals surface area (Å²) in [5, 5.41) is 5.45. The number of amides is 1. The van der Waals surface area contributed by atoms with Crippen LogP contribution >= 0.6 is 0 Å². The highest BCUT2D eigenvalue weighted by atomic mass is 19.4. The molecule has 18 heavy (non-hydrogen) atoms. The molecule has 2 N–H and O–H groups in total. The summed E-state index contributed by atoms with van der Waals surface area (Å²) in [5.74, 6) is -0.212. The van der Waals surface area contributed by atoms with Crippen LogP contribution in [-0.2, 0) is 4.79 Å². The molecule has 0 aliphatic heterocycles. The van der Waals surface area contributed by atoms with Crippen molar-refractivity contribution in [1.29, 1.82) is 0 Å². The van der Waals surface area contributed by atoms with Gasteiger partial charge in [-0.2, -0.15) is 13.2 Å². The highest BCUT2D eigenvalue weighted by Gasteiger charge is 2.30. The zero-order chi connectivity index (χ0) is 13.6. The molecular weight excluding hydrogens is 245 g/mol. The van der Waals surface area contributed by atoms with E-state index in [0.29, 0.717) is 0 Å². The minimum Gasteiger partial charge on any atom is -0.352 e. The van der Waals surface area contributed by atoms with E-state index in [4.69, 9.17) is 0 Å². The Hall–Kier alpha value is -0.780. The first-order valence-electron chi connectivity index (χ1n) is 6.46. The first-order valence-corrected chi connectivity index (χ1v) is 6.46. The minimum atomic E-state index is -4.19. The zero-order valence-electron chi connectivity index (χ0n) is 10.6. The van der Waals surface area contributed by atoms with Gasteiger partial charge in [-0.25, -0.2) is 0 Å². The lowest BCUT2D eigenvalue weighted by Crippen LogP contribution is -2.44. The van der Waals surface area contributed by atoms with Crippen molar-refractivity contribution in [2.24, 2.45) is 0 Å². The van der Waals surface area contributed by atoms with Gasteiger partial charge in [-0.1, -0.05) is 19.3 Å². The summed E-state index contributed by atoms with van der Waals surface area (Å²) in [7, 11) is 0. The number of nitrogens with one attached hydrogen (secondary N) is 2. The Bertz CT molecular complexity index is 263. The van der Waals surface area contributed by atoms with Crippen molar-refractivity contribution >= 4 is 5.91 Å². The average molecular weight is 266 g/mol. The van der Waals surface area contributed by atoms with Crippen LogP contribution in [0.15, 0.2) is 0 Å². The molecule has 1 aliphatic carbocycles. The molecule has 1 aliphatic rings. The number of halogens is 3. The van der Waals surface area contributed by atoms with Crippen molar-refractivity contribution in [3.05, 3.63) is 0 Å². The topological polar surface area (TPSA) is 41.1 Å². The molecule has 1 rings (SSSR count). The fourth-order valence-electron chi connectivity index (χ4n) is 2.21. The van der Waals surface area contributed by atoms with Crippen molar-refractivity contribution in [3.8, 4) is 0 Å². The van der Waals surface area contributed by atoms with Gasteiger partial charge in [0.05, 0.1) is 13.0 Å². The van der Waals surface area contributed by atoms with Crippen LogP contribution in [0.4, 0.5) is 13.2 Å². The lowest BCUT2D eigenvalue weighted by molar-refractivity contribution is -0.140. The standard InChI is InChI=1S/C12H21F3N2O/c1-9(7-12(13,14)15)16-8-11(18)17-10-5-3-2-4-6-10/h9-10,16H,2-8H2,1H3,(H,17,18). The van der Waals surface area contributed by atoms with Gasteiger partial charge in [0.15, 0.2) is 0 Å². The van der Waals surface area contributed by atoms with Crippen LogP contribution in [0.1, 0.15) is 45.4 Å². The molecule has 0 aromatic heterocycles. The summed E-state index contributed by atoms with van der Waals surface area (Å²) in [4.78, 5) is 11.5. The number of carbonyl (C=O) groups excluding carboxylic acids is 1. The van der Waals surface area contributed by atoms with E-state index >= 15 is 0 Å². The van der Waals surface area contributed by atoms with E-state index in [0.717, 1.165) is 25.7 Å². The van der Waals surface area contributed by atoms with Gasteiger partial charge in [0.2, 0.25) is 5.91 Å². The zero-order valence-corrected chi connectivity index (χ0v) is 10.6. The van der Waals surface area contributed by atoms with Gasteiger partial charge in [0.1, 0.15) is 0 Å². The molecule has 1 fully saturated rings. The predicted octanol–water partition coefficient (Wildman–Crippen LogP) is 2.37. The fourth-order valence-corrected chi connectivity index (χ4v) is 2.21. The van der Waals surface area contributed by atoms with Gasteiger partial charge >= 0.3 is 6.18 Å². The number of hydrogen-bond acceptors (Lipinski definition) is 2. The molecule has 1 unspecified atom stereocenters. The van der Waals surface area contributed by atoms with Crippen LogP contribution in [0.3, 0.4) is 0 Å². The van der Waals surface area contributed by atoms with E-state index in [-0.39, 0.29) is 18.5 Å². The van der Waals surface area contributed by atoms with Crippen molar-refractivity contribution in [2.75, 3.05) is 6.54 Å². The van der Waals surface area contributed by atoms with Gasteiger partial charge in [-0.15, -0.1) is 0 Å². The molecule has 6 heteroatoms. The molecule has 0 heterocycles. The molecule has 0 aromatic carbocycles. The molecule has 0 aromatic rings. The van der Waals surface area contributed by atoms with Crippen LogP contribution in [0, 0.1) is 0 Å². The van der Waals surface area contributed by atoms with Gasteiger partial charge < -0.3 is 10.6 Å². The molecule has 0 bridgehead atoms. The molecule has 0 spiro atoms. The first kappa shape index (κ1) is 15.3. The van der Waals surface area contributed by atoms with E-state index in [9.17, 15) is 18.0 Å². The third kappa shape index (κ3) is 6.83. The second-order valence-corrected chi connectivity index (χ2v) is 5.00. The molecule has 0 radical (unpaired) electrons. The molecule has 0 saturated heterocycles. The maximum absolute atomic E-state index is 12.1. The van der Waals surface area contributed by atoms with E-state index in [1.165, 1.54) is 13.3 Å². The summed E-state index contributed by atoms with van der Waals surface area (Å²) in [5.41, 5.74) is 0. The maximum atomic E-state index is 12.1. The highest BCUT2D eigenvalue weighted by Crippen LogP contribution is 2.21. The van der Waals surface area contributed by atoms with Crippen LogP contribution in [0.2, 0.25) is 0 Å². The van der Waals surface area contributed by atoms with Crippen LogP contribution in [-0.4, -0.2) is 30.7 Å². The van der Waals surface area contributed by atoms with Crippen molar-refractivity contribution in [2.45, 2.75) is 63.7 Å². The Balaban J connectivity index is 2.16. The Labute approximate surface area is 106 Å². The number of alkyl halides is 3. The Kier molecular flexibility index (Phi) is 5.91. The van der Waals surface area contributed by atoms with Crippen molar-refractivity contribution in [3.63, 3.8) is 0 Å². The summed E-state index contributed by atoms with van der Waals surface area (Å²) >= 11 is 0. The number of hydrogen-bond donors (Lipinski definition) is 2. The summed E-state index contributed by atoms with van der Waals surface area (Å²) in [6.07, 6.45) is 0.280. The Morgan fingerprint density at radius 2 is 1.89 bits per heavy atom. The molecule has 1 amide bonds. The summed E-state index contributed by atoms with van der Waals surface area (Å²) in [6, 6.07) is -0.534. The van der Waals surface area contributed by atoms with Crippen LogP contribution in [0.25, 0.3) is 0 Å². The molecule has 3 nitrogen and oxygen atoms in total. The van der Waals surface area contributed by atoms with E-state index in [2.05, 4.69) is 10.6 Å². The highest BCUT2D eigenvalue weighted by molar-refractivity contribution is 5.78. The Morgan fingerprint density at radius 1 is 1.28 bits per heavy atom. The van der Waals surface area contributed by atoms with E-state index in [1.54, 1.807) is 0 Å². The third-order valence-electron chi connectivity index (χ3n) is 3.12. The van der Waals surface area contributed by atoms with Gasteiger partial charge in [0.25, 0.3) is 0 Å². The summed E-state index contributed by atoms with van der Waals surface area (Å²) in [6.45, 7) is 1.38. The van der Waals surface area contributed by atoms with Crippen molar-refractivity contribution in [1.82, 2.24) is 10.6 Å². The lowest BCUT2D eigenvalue weighted by atomic mass is 9.95. The van der Waals surface area contributed by atoms with Gasteiger partial charge in [0, 0.05) is 12.1 Å². The second kappa shape index (κ2) is 6.97.